The third-order valence-electron chi connectivity index (χ3n) is 1.87. The molecule has 4 heteroatoms. The van der Waals surface area contributed by atoms with Gasteiger partial charge in [-0.1, -0.05) is 13.3 Å². The first kappa shape index (κ1) is 11.0. The van der Waals surface area contributed by atoms with E-state index in [4.69, 9.17) is 0 Å². The molecule has 0 aliphatic carbocycles. The van der Waals surface area contributed by atoms with Gasteiger partial charge in [0.05, 0.1) is 0 Å². The summed E-state index contributed by atoms with van der Waals surface area (Å²) < 4.78 is 50.8. The Bertz CT molecular complexity index is 333. The first-order valence-corrected chi connectivity index (χ1v) is 4.19. The molecule has 0 saturated heterocycles. The van der Waals surface area contributed by atoms with Gasteiger partial charge in [-0.15, -0.1) is 0 Å². The summed E-state index contributed by atoms with van der Waals surface area (Å²) in [6, 6.07) is 0.684. The number of hydrogen-bond donors (Lipinski definition) is 0. The lowest BCUT2D eigenvalue weighted by Crippen LogP contribution is -2.01. The number of halogens is 4. The van der Waals surface area contributed by atoms with Crippen LogP contribution in [-0.4, -0.2) is 0 Å². The highest BCUT2D eigenvalue weighted by Gasteiger charge is 2.17. The van der Waals surface area contributed by atoms with Crippen LogP contribution in [0, 0.1) is 30.2 Å². The predicted octanol–water partition coefficient (Wildman–Crippen LogP) is 3.40. The van der Waals surface area contributed by atoms with Crippen molar-refractivity contribution in [3.05, 3.63) is 41.8 Å². The molecule has 0 aliphatic rings. The molecule has 0 N–H and O–H groups in total. The molecule has 0 spiro atoms. The molecule has 1 radical (unpaired) electrons. The molecule has 0 aliphatic heterocycles. The number of hydrogen-bond acceptors (Lipinski definition) is 0. The molecule has 1 rings (SSSR count). The van der Waals surface area contributed by atoms with Crippen molar-refractivity contribution in [3.63, 3.8) is 0 Å². The van der Waals surface area contributed by atoms with Crippen molar-refractivity contribution in [1.82, 2.24) is 0 Å². The summed E-state index contributed by atoms with van der Waals surface area (Å²) in [5.74, 6) is -6.18. The monoisotopic (exact) mass is 205 g/mol. The summed E-state index contributed by atoms with van der Waals surface area (Å²) in [6.07, 6.45) is 1.19. The third kappa shape index (κ3) is 2.05. The van der Waals surface area contributed by atoms with Crippen molar-refractivity contribution in [2.75, 3.05) is 0 Å². The summed E-state index contributed by atoms with van der Waals surface area (Å²) in [4.78, 5) is 0. The Morgan fingerprint density at radius 1 is 1.00 bits per heavy atom. The van der Waals surface area contributed by atoms with Crippen LogP contribution in [0.5, 0.6) is 0 Å². The maximum atomic E-state index is 13.0. The van der Waals surface area contributed by atoms with Crippen LogP contribution in [0.4, 0.5) is 17.6 Å². The fraction of sp³-hybridized carbons (Fsp3) is 0.300. The van der Waals surface area contributed by atoms with Crippen molar-refractivity contribution in [3.8, 4) is 0 Å². The molecule has 0 aromatic heterocycles. The Labute approximate surface area is 79.6 Å². The van der Waals surface area contributed by atoms with Crippen molar-refractivity contribution in [2.24, 2.45) is 0 Å². The van der Waals surface area contributed by atoms with Gasteiger partial charge in [-0.25, -0.2) is 17.6 Å². The van der Waals surface area contributed by atoms with Crippen LogP contribution in [0.25, 0.3) is 0 Å². The van der Waals surface area contributed by atoms with E-state index in [-0.39, 0.29) is 12.0 Å². The Morgan fingerprint density at radius 2 is 1.64 bits per heavy atom. The highest BCUT2D eigenvalue weighted by Crippen LogP contribution is 2.19. The summed E-state index contributed by atoms with van der Waals surface area (Å²) in [5, 5.41) is 0. The van der Waals surface area contributed by atoms with E-state index in [2.05, 4.69) is 6.92 Å². The summed E-state index contributed by atoms with van der Waals surface area (Å²) in [6.45, 7) is 3.51. The maximum absolute atomic E-state index is 13.0. The van der Waals surface area contributed by atoms with Gasteiger partial charge in [0.1, 0.15) is 0 Å². The minimum atomic E-state index is -1.76. The van der Waals surface area contributed by atoms with Crippen LogP contribution in [-0.2, 0) is 6.42 Å². The van der Waals surface area contributed by atoms with Crippen molar-refractivity contribution in [2.45, 2.75) is 19.3 Å². The number of unbranched alkanes of at least 4 members (excludes halogenated alkanes) is 1. The van der Waals surface area contributed by atoms with E-state index in [1.165, 1.54) is 0 Å². The van der Waals surface area contributed by atoms with E-state index >= 15 is 0 Å². The second kappa shape index (κ2) is 4.44. The lowest BCUT2D eigenvalue weighted by molar-refractivity contribution is 0.403. The predicted molar refractivity (Wildman–Crippen MR) is 44.6 cm³/mol. The standard InChI is InChI=1S/C10H9F4/c1-2-3-4-6-5-7(11)9(13)10(14)8(6)12/h5H,1-4H2. The van der Waals surface area contributed by atoms with E-state index in [0.29, 0.717) is 18.9 Å². The van der Waals surface area contributed by atoms with Crippen molar-refractivity contribution in [1.29, 1.82) is 0 Å². The molecule has 0 saturated carbocycles. The quantitative estimate of drug-likeness (QED) is 0.403. The van der Waals surface area contributed by atoms with Crippen LogP contribution in [0.2, 0.25) is 0 Å². The summed E-state index contributed by atoms with van der Waals surface area (Å²) >= 11 is 0. The van der Waals surface area contributed by atoms with Gasteiger partial charge in [0.25, 0.3) is 0 Å². The average Bonchev–Trinajstić information content (AvgIpc) is 2.18. The first-order chi connectivity index (χ1) is 6.57. The van der Waals surface area contributed by atoms with Gasteiger partial charge in [-0.05, 0) is 24.5 Å². The molecule has 0 amide bonds. The zero-order chi connectivity index (χ0) is 10.7. The van der Waals surface area contributed by atoms with Gasteiger partial charge >= 0.3 is 0 Å². The molecular weight excluding hydrogens is 196 g/mol. The third-order valence-corrected chi connectivity index (χ3v) is 1.87. The van der Waals surface area contributed by atoms with Crippen LogP contribution < -0.4 is 0 Å². The fourth-order valence-electron chi connectivity index (χ4n) is 1.12. The lowest BCUT2D eigenvalue weighted by Gasteiger charge is -2.04. The fourth-order valence-corrected chi connectivity index (χ4v) is 1.12. The second-order valence-corrected chi connectivity index (χ2v) is 2.92. The second-order valence-electron chi connectivity index (χ2n) is 2.92. The van der Waals surface area contributed by atoms with E-state index < -0.39 is 23.3 Å². The van der Waals surface area contributed by atoms with E-state index in [1.807, 2.05) is 0 Å². The van der Waals surface area contributed by atoms with Gasteiger partial charge in [0, 0.05) is 0 Å². The van der Waals surface area contributed by atoms with Crippen molar-refractivity contribution < 1.29 is 17.6 Å². The van der Waals surface area contributed by atoms with Gasteiger partial charge in [-0.3, -0.25) is 0 Å². The molecular formula is C10H9F4. The molecule has 0 bridgehead atoms. The topological polar surface area (TPSA) is 0 Å². The zero-order valence-electron chi connectivity index (χ0n) is 7.42. The molecule has 1 aromatic carbocycles. The summed E-state index contributed by atoms with van der Waals surface area (Å²) in [7, 11) is 0. The highest BCUT2D eigenvalue weighted by molar-refractivity contribution is 5.21. The lowest BCUT2D eigenvalue weighted by atomic mass is 10.1. The van der Waals surface area contributed by atoms with Crippen molar-refractivity contribution >= 4 is 0 Å². The molecule has 0 atom stereocenters. The van der Waals surface area contributed by atoms with Crippen LogP contribution in [0.1, 0.15) is 18.4 Å². The van der Waals surface area contributed by atoms with Gasteiger partial charge in [0.15, 0.2) is 23.3 Å². The molecule has 0 unspecified atom stereocenters. The minimum Gasteiger partial charge on any atom is -0.204 e. The Kier molecular flexibility index (Phi) is 3.49. The molecule has 1 aromatic rings. The highest BCUT2D eigenvalue weighted by atomic mass is 19.2. The van der Waals surface area contributed by atoms with Gasteiger partial charge in [-0.2, -0.15) is 0 Å². The van der Waals surface area contributed by atoms with E-state index in [0.717, 1.165) is 0 Å². The van der Waals surface area contributed by atoms with E-state index in [1.54, 1.807) is 0 Å². The summed E-state index contributed by atoms with van der Waals surface area (Å²) in [5.41, 5.74) is -0.148. The molecule has 0 heterocycles. The Balaban J connectivity index is 3.06. The first-order valence-electron chi connectivity index (χ1n) is 4.19. The number of rotatable bonds is 3. The minimum absolute atomic E-state index is 0.148. The van der Waals surface area contributed by atoms with Crippen LogP contribution in [0.3, 0.4) is 0 Å². The van der Waals surface area contributed by atoms with Crippen LogP contribution >= 0.6 is 0 Å². The smallest absolute Gasteiger partial charge is 0.197 e. The normalized spacial score (nSPS) is 10.6. The van der Waals surface area contributed by atoms with Crippen LogP contribution in [0.15, 0.2) is 6.07 Å². The molecule has 0 fully saturated rings. The van der Waals surface area contributed by atoms with Gasteiger partial charge < -0.3 is 0 Å². The number of aryl methyl sites for hydroxylation is 1. The van der Waals surface area contributed by atoms with E-state index in [9.17, 15) is 17.6 Å². The average molecular weight is 205 g/mol. The maximum Gasteiger partial charge on any atom is 0.197 e. The van der Waals surface area contributed by atoms with Gasteiger partial charge in [0.2, 0.25) is 0 Å². The molecule has 0 nitrogen and oxygen atoms in total. The Morgan fingerprint density at radius 3 is 2.21 bits per heavy atom. The molecule has 14 heavy (non-hydrogen) atoms. The Hall–Kier alpha value is -1.06. The molecule has 77 valence electrons. The zero-order valence-corrected chi connectivity index (χ0v) is 7.42. The largest absolute Gasteiger partial charge is 0.204 e. The SMILES string of the molecule is [CH2]CCCc1cc(F)c(F)c(F)c1F. The number of benzene rings is 1.